The van der Waals surface area contributed by atoms with Crippen molar-refractivity contribution in [3.8, 4) is 0 Å². The van der Waals surface area contributed by atoms with Crippen molar-refractivity contribution in [1.29, 1.82) is 0 Å². The molecule has 1 saturated carbocycles. The van der Waals surface area contributed by atoms with Crippen molar-refractivity contribution in [3.63, 3.8) is 0 Å². The molecule has 4 nitrogen and oxygen atoms in total. The van der Waals surface area contributed by atoms with Crippen LogP contribution in [0.25, 0.3) is 0 Å². The quantitative estimate of drug-likeness (QED) is 0.910. The lowest BCUT2D eigenvalue weighted by Gasteiger charge is -2.40. The van der Waals surface area contributed by atoms with E-state index in [1.165, 1.54) is 0 Å². The van der Waals surface area contributed by atoms with Gasteiger partial charge in [-0.05, 0) is 43.5 Å². The lowest BCUT2D eigenvalue weighted by atomic mass is 9.93. The molecule has 1 aliphatic carbocycles. The van der Waals surface area contributed by atoms with Crippen LogP contribution in [0.4, 0.5) is 0 Å². The highest BCUT2D eigenvalue weighted by atomic mass is 35.5. The largest absolute Gasteiger partial charge is 0.393 e. The van der Waals surface area contributed by atoms with Gasteiger partial charge in [-0.15, -0.1) is 0 Å². The van der Waals surface area contributed by atoms with Crippen molar-refractivity contribution in [1.82, 2.24) is 4.90 Å². The van der Waals surface area contributed by atoms with E-state index in [-0.39, 0.29) is 24.0 Å². The zero-order valence-electron chi connectivity index (χ0n) is 12.8. The summed E-state index contributed by atoms with van der Waals surface area (Å²) in [6, 6.07) is 5.38. The Morgan fingerprint density at radius 3 is 2.86 bits per heavy atom. The Balaban J connectivity index is 1.85. The van der Waals surface area contributed by atoms with Crippen molar-refractivity contribution in [3.05, 3.63) is 34.3 Å². The van der Waals surface area contributed by atoms with Crippen LogP contribution >= 0.6 is 11.6 Å². The Kier molecular flexibility index (Phi) is 4.71. The van der Waals surface area contributed by atoms with Crippen molar-refractivity contribution in [2.24, 2.45) is 5.92 Å². The highest BCUT2D eigenvalue weighted by Gasteiger charge is 2.39. The Hall–Kier alpha value is -1.10. The average molecular weight is 324 g/mol. The number of carbonyl (C=O) groups is 1. The lowest BCUT2D eigenvalue weighted by molar-refractivity contribution is -0.0383. The number of aliphatic hydroxyl groups excluding tert-OH is 1. The molecule has 0 radical (unpaired) electrons. The highest BCUT2D eigenvalue weighted by Crippen LogP contribution is 2.33. The zero-order chi connectivity index (χ0) is 15.7. The second kappa shape index (κ2) is 6.57. The Morgan fingerprint density at radius 1 is 1.36 bits per heavy atom. The van der Waals surface area contributed by atoms with Gasteiger partial charge in [0.15, 0.2) is 0 Å². The average Bonchev–Trinajstić information content (AvgIpc) is 2.91. The summed E-state index contributed by atoms with van der Waals surface area (Å²) in [4.78, 5) is 14.8. The minimum Gasteiger partial charge on any atom is -0.393 e. The summed E-state index contributed by atoms with van der Waals surface area (Å²) in [6.07, 6.45) is 2.45. The molecule has 5 heteroatoms. The number of amides is 1. The summed E-state index contributed by atoms with van der Waals surface area (Å²) in [5.74, 6) is 0.0996. The number of aryl methyl sites for hydroxylation is 1. The van der Waals surface area contributed by atoms with Crippen LogP contribution in [0.3, 0.4) is 0 Å². The summed E-state index contributed by atoms with van der Waals surface area (Å²) in [5, 5.41) is 10.8. The van der Waals surface area contributed by atoms with Gasteiger partial charge in [-0.2, -0.15) is 0 Å². The first kappa shape index (κ1) is 15.8. The number of ether oxygens (including phenoxy) is 1. The molecule has 1 aromatic rings. The molecule has 0 bridgehead atoms. The minimum absolute atomic E-state index is 0.0157. The fourth-order valence-corrected chi connectivity index (χ4v) is 3.96. The molecule has 0 aromatic heterocycles. The lowest BCUT2D eigenvalue weighted by Crippen LogP contribution is -2.53. The van der Waals surface area contributed by atoms with Gasteiger partial charge < -0.3 is 14.7 Å². The van der Waals surface area contributed by atoms with Gasteiger partial charge in [-0.25, -0.2) is 0 Å². The van der Waals surface area contributed by atoms with Gasteiger partial charge in [0.25, 0.3) is 5.91 Å². The van der Waals surface area contributed by atoms with Gasteiger partial charge in [0.2, 0.25) is 0 Å². The third kappa shape index (κ3) is 3.14. The molecule has 2 fully saturated rings. The molecule has 1 aromatic carbocycles. The number of benzene rings is 1. The smallest absolute Gasteiger partial charge is 0.254 e. The maximum absolute atomic E-state index is 12.9. The number of halogens is 1. The third-order valence-electron chi connectivity index (χ3n) is 4.74. The molecule has 1 amide bonds. The van der Waals surface area contributed by atoms with Crippen molar-refractivity contribution >= 4 is 17.5 Å². The second-order valence-corrected chi connectivity index (χ2v) is 6.76. The summed E-state index contributed by atoms with van der Waals surface area (Å²) in [5.41, 5.74) is 1.59. The third-order valence-corrected chi connectivity index (χ3v) is 4.96. The van der Waals surface area contributed by atoms with Gasteiger partial charge in [0.05, 0.1) is 25.4 Å². The first-order valence-corrected chi connectivity index (χ1v) is 8.28. The summed E-state index contributed by atoms with van der Waals surface area (Å²) in [6.45, 7) is 3.55. The van der Waals surface area contributed by atoms with Gasteiger partial charge in [0.1, 0.15) is 0 Å². The summed E-state index contributed by atoms with van der Waals surface area (Å²) < 4.78 is 5.58. The molecule has 1 aliphatic heterocycles. The van der Waals surface area contributed by atoms with E-state index in [1.54, 1.807) is 6.07 Å². The van der Waals surface area contributed by atoms with E-state index < -0.39 is 0 Å². The maximum atomic E-state index is 12.9. The standard InChI is InChI=1S/C17H22ClNO3/c1-11-7-12(9-13(18)8-11)17(21)19-5-6-22-10-15(19)14-3-2-4-16(14)20/h7-9,14-16,20H,2-6,10H2,1H3/t14-,15-,16+/m1/s1. The van der Waals surface area contributed by atoms with Gasteiger partial charge >= 0.3 is 0 Å². The highest BCUT2D eigenvalue weighted by molar-refractivity contribution is 6.31. The van der Waals surface area contributed by atoms with Gasteiger partial charge in [0, 0.05) is 23.0 Å². The summed E-state index contributed by atoms with van der Waals surface area (Å²) >= 11 is 6.08. The van der Waals surface area contributed by atoms with Crippen LogP contribution in [0.2, 0.25) is 5.02 Å². The molecule has 0 spiro atoms. The van der Waals surface area contributed by atoms with Crippen LogP contribution in [-0.2, 0) is 4.74 Å². The Labute approximate surface area is 136 Å². The molecule has 3 rings (SSSR count). The first-order valence-electron chi connectivity index (χ1n) is 7.90. The Morgan fingerprint density at radius 2 is 2.18 bits per heavy atom. The number of morpholine rings is 1. The molecular weight excluding hydrogens is 302 g/mol. The number of carbonyl (C=O) groups excluding carboxylic acids is 1. The fourth-order valence-electron chi connectivity index (χ4n) is 3.67. The van der Waals surface area contributed by atoms with Crippen LogP contribution in [0.5, 0.6) is 0 Å². The monoisotopic (exact) mass is 323 g/mol. The molecule has 1 N–H and O–H groups in total. The van der Waals surface area contributed by atoms with E-state index >= 15 is 0 Å². The van der Waals surface area contributed by atoms with Crippen LogP contribution < -0.4 is 0 Å². The van der Waals surface area contributed by atoms with Crippen molar-refractivity contribution in [2.75, 3.05) is 19.8 Å². The predicted octanol–water partition coefficient (Wildman–Crippen LogP) is 2.65. The van der Waals surface area contributed by atoms with E-state index in [2.05, 4.69) is 0 Å². The topological polar surface area (TPSA) is 49.8 Å². The van der Waals surface area contributed by atoms with E-state index in [1.807, 2.05) is 24.0 Å². The molecule has 1 heterocycles. The van der Waals surface area contributed by atoms with Crippen LogP contribution in [0, 0.1) is 12.8 Å². The first-order chi connectivity index (χ1) is 10.6. The van der Waals surface area contributed by atoms with E-state index in [4.69, 9.17) is 16.3 Å². The maximum Gasteiger partial charge on any atom is 0.254 e. The number of nitrogens with zero attached hydrogens (tertiary/aromatic N) is 1. The minimum atomic E-state index is -0.330. The van der Waals surface area contributed by atoms with E-state index in [9.17, 15) is 9.90 Å². The van der Waals surface area contributed by atoms with Crippen LogP contribution in [0.1, 0.15) is 35.2 Å². The number of hydrogen-bond donors (Lipinski definition) is 1. The van der Waals surface area contributed by atoms with Crippen molar-refractivity contribution < 1.29 is 14.6 Å². The van der Waals surface area contributed by atoms with Crippen molar-refractivity contribution in [2.45, 2.75) is 38.3 Å². The molecule has 1 saturated heterocycles. The van der Waals surface area contributed by atoms with E-state index in [0.717, 1.165) is 24.8 Å². The van der Waals surface area contributed by atoms with Crippen LogP contribution in [0.15, 0.2) is 18.2 Å². The van der Waals surface area contributed by atoms with Gasteiger partial charge in [-0.1, -0.05) is 18.0 Å². The number of hydrogen-bond acceptors (Lipinski definition) is 3. The predicted molar refractivity (Wildman–Crippen MR) is 85.2 cm³/mol. The Bertz CT molecular complexity index is 543. The fraction of sp³-hybridized carbons (Fsp3) is 0.588. The molecule has 22 heavy (non-hydrogen) atoms. The normalized spacial score (nSPS) is 28.9. The number of aliphatic hydroxyl groups is 1. The molecular formula is C17H22ClNO3. The van der Waals surface area contributed by atoms with Crippen LogP contribution in [-0.4, -0.2) is 47.8 Å². The molecule has 2 aliphatic rings. The molecule has 3 atom stereocenters. The zero-order valence-corrected chi connectivity index (χ0v) is 13.6. The number of rotatable bonds is 2. The molecule has 0 unspecified atom stereocenters. The summed E-state index contributed by atoms with van der Waals surface area (Å²) in [7, 11) is 0. The molecule has 120 valence electrons. The second-order valence-electron chi connectivity index (χ2n) is 6.32. The van der Waals surface area contributed by atoms with Gasteiger partial charge in [-0.3, -0.25) is 4.79 Å². The SMILES string of the molecule is Cc1cc(Cl)cc(C(=O)N2CCOC[C@@H]2[C@H]2CCC[C@@H]2O)c1. The van der Waals surface area contributed by atoms with E-state index in [0.29, 0.717) is 30.3 Å².